The van der Waals surface area contributed by atoms with Gasteiger partial charge in [-0.25, -0.2) is 13.4 Å². The lowest BCUT2D eigenvalue weighted by Crippen LogP contribution is -2.22. The maximum atomic E-state index is 11.9. The van der Waals surface area contributed by atoms with Gasteiger partial charge in [0.2, 0.25) is 0 Å². The predicted octanol–water partition coefficient (Wildman–Crippen LogP) is 2.41. The molecule has 1 saturated carbocycles. The molecule has 0 bridgehead atoms. The van der Waals surface area contributed by atoms with Crippen molar-refractivity contribution < 1.29 is 13.2 Å². The quantitative estimate of drug-likeness (QED) is 0.128. The lowest BCUT2D eigenvalue weighted by atomic mass is 10.2. The number of sulfonamides is 1. The Hall–Kier alpha value is -3.58. The van der Waals surface area contributed by atoms with Crippen molar-refractivity contribution in [1.82, 2.24) is 19.6 Å². The summed E-state index contributed by atoms with van der Waals surface area (Å²) in [6.07, 6.45) is 10.0. The van der Waals surface area contributed by atoms with Crippen molar-refractivity contribution in [3.8, 4) is 0 Å². The van der Waals surface area contributed by atoms with E-state index in [-0.39, 0.29) is 5.25 Å². The van der Waals surface area contributed by atoms with Crippen LogP contribution < -0.4 is 16.1 Å². The van der Waals surface area contributed by atoms with Gasteiger partial charge in [-0.15, -0.1) is 0 Å². The number of hydrazone groups is 1. The molecular formula is C25H35N9O3S. The molecule has 3 aromatic rings. The standard InChI is InChI=1S/C25H35N9O3S/c1-3-20-17-29-34-23(28-16-19-6-4-10-27-15-19)14-24(31-25(20)34)33(2)11-5-12-37-13-9-21(32-26)18-30-38(35,36)22-7-8-22/h4,6,10,14-15,17-18,22,28H,3,5,7-9,11-13,16,26H2,1-2H3/b30-18+,32-21-. The van der Waals surface area contributed by atoms with E-state index in [1.807, 2.05) is 42.2 Å². The summed E-state index contributed by atoms with van der Waals surface area (Å²) in [5, 5.41) is 11.3. The predicted molar refractivity (Wildman–Crippen MR) is 149 cm³/mol. The molecule has 0 aliphatic heterocycles. The number of pyridine rings is 1. The highest BCUT2D eigenvalue weighted by Gasteiger charge is 2.35. The van der Waals surface area contributed by atoms with Gasteiger partial charge in [-0.2, -0.15) is 19.1 Å². The third-order valence-corrected chi connectivity index (χ3v) is 7.96. The zero-order valence-corrected chi connectivity index (χ0v) is 22.6. The molecular weight excluding hydrogens is 506 g/mol. The largest absolute Gasteiger partial charge is 0.381 e. The average Bonchev–Trinajstić information content (AvgIpc) is 3.72. The summed E-state index contributed by atoms with van der Waals surface area (Å²) in [4.78, 5) is 11.1. The minimum atomic E-state index is -3.43. The number of ether oxygens (including phenoxy) is 1. The number of fused-ring (bicyclic) bond motifs is 1. The van der Waals surface area contributed by atoms with E-state index in [9.17, 15) is 8.42 Å². The van der Waals surface area contributed by atoms with Crippen LogP contribution in [0.15, 0.2) is 46.3 Å². The lowest BCUT2D eigenvalue weighted by Gasteiger charge is -2.20. The molecule has 1 aliphatic rings. The molecule has 1 aliphatic carbocycles. The number of aryl methyl sites for hydroxylation is 1. The fraction of sp³-hybridized carbons (Fsp3) is 0.480. The summed E-state index contributed by atoms with van der Waals surface area (Å²) in [7, 11) is -1.43. The lowest BCUT2D eigenvalue weighted by molar-refractivity contribution is 0.140. The van der Waals surface area contributed by atoms with Gasteiger partial charge in [-0.3, -0.25) is 4.98 Å². The minimum absolute atomic E-state index is 0.350. The smallest absolute Gasteiger partial charge is 0.256 e. The van der Waals surface area contributed by atoms with Crippen molar-refractivity contribution in [1.29, 1.82) is 0 Å². The van der Waals surface area contributed by atoms with Crippen LogP contribution in [-0.2, 0) is 27.7 Å². The van der Waals surface area contributed by atoms with E-state index in [0.29, 0.717) is 44.7 Å². The van der Waals surface area contributed by atoms with E-state index in [0.717, 1.165) is 47.8 Å². The topological polar surface area (TPSA) is 152 Å². The first-order chi connectivity index (χ1) is 18.4. The Balaban J connectivity index is 1.28. The van der Waals surface area contributed by atoms with E-state index < -0.39 is 10.0 Å². The summed E-state index contributed by atoms with van der Waals surface area (Å²) in [5.74, 6) is 7.07. The van der Waals surface area contributed by atoms with Crippen LogP contribution in [0.3, 0.4) is 0 Å². The number of nitrogens with two attached hydrogens (primary N) is 1. The molecule has 204 valence electrons. The highest BCUT2D eigenvalue weighted by atomic mass is 32.2. The summed E-state index contributed by atoms with van der Waals surface area (Å²) >= 11 is 0. The summed E-state index contributed by atoms with van der Waals surface area (Å²) in [6.45, 7) is 4.35. The molecule has 0 radical (unpaired) electrons. The van der Waals surface area contributed by atoms with E-state index in [1.54, 1.807) is 6.20 Å². The minimum Gasteiger partial charge on any atom is -0.381 e. The first kappa shape index (κ1) is 27.5. The average molecular weight is 542 g/mol. The summed E-state index contributed by atoms with van der Waals surface area (Å²) in [5.41, 5.74) is 3.38. The van der Waals surface area contributed by atoms with Gasteiger partial charge in [0, 0.05) is 57.2 Å². The molecule has 0 atom stereocenters. The number of anilines is 2. The maximum absolute atomic E-state index is 11.9. The van der Waals surface area contributed by atoms with Gasteiger partial charge in [0.1, 0.15) is 11.6 Å². The number of nitrogens with one attached hydrogen (secondary N) is 1. The molecule has 38 heavy (non-hydrogen) atoms. The normalized spacial score (nSPS) is 14.4. The van der Waals surface area contributed by atoms with Gasteiger partial charge in [-0.1, -0.05) is 13.0 Å². The monoisotopic (exact) mass is 541 g/mol. The number of rotatable bonds is 15. The van der Waals surface area contributed by atoms with Crippen LogP contribution in [0.2, 0.25) is 0 Å². The van der Waals surface area contributed by atoms with Gasteiger partial charge >= 0.3 is 0 Å². The molecule has 0 aromatic carbocycles. The van der Waals surface area contributed by atoms with Gasteiger partial charge in [0.25, 0.3) is 10.0 Å². The van der Waals surface area contributed by atoms with Gasteiger partial charge in [0.15, 0.2) is 5.65 Å². The van der Waals surface area contributed by atoms with Crippen LogP contribution in [0.4, 0.5) is 11.6 Å². The molecule has 1 fully saturated rings. The molecule has 13 heteroatoms. The van der Waals surface area contributed by atoms with E-state index in [1.165, 1.54) is 6.21 Å². The Labute approximate surface area is 223 Å². The first-order valence-electron chi connectivity index (χ1n) is 12.8. The molecule has 0 spiro atoms. The summed E-state index contributed by atoms with van der Waals surface area (Å²) < 4.78 is 35.0. The third-order valence-electron chi connectivity index (χ3n) is 6.24. The number of nitrogens with zero attached hydrogens (tertiary/aromatic N) is 7. The Bertz CT molecular complexity index is 1370. The van der Waals surface area contributed by atoms with Crippen LogP contribution in [0.1, 0.15) is 43.7 Å². The molecule has 12 nitrogen and oxygen atoms in total. The van der Waals surface area contributed by atoms with Crippen LogP contribution in [0, 0.1) is 0 Å². The Morgan fingerprint density at radius 3 is 2.89 bits per heavy atom. The number of aromatic nitrogens is 4. The van der Waals surface area contributed by atoms with Crippen LogP contribution in [0.5, 0.6) is 0 Å². The van der Waals surface area contributed by atoms with Crippen molar-refractivity contribution in [2.24, 2.45) is 15.3 Å². The van der Waals surface area contributed by atoms with E-state index in [4.69, 9.17) is 15.6 Å². The van der Waals surface area contributed by atoms with Crippen molar-refractivity contribution in [3.05, 3.63) is 47.9 Å². The summed E-state index contributed by atoms with van der Waals surface area (Å²) in [6, 6.07) is 5.94. The number of hydrogen-bond donors (Lipinski definition) is 2. The van der Waals surface area contributed by atoms with E-state index in [2.05, 4.69) is 36.7 Å². The molecule has 3 aromatic heterocycles. The van der Waals surface area contributed by atoms with Crippen LogP contribution in [0.25, 0.3) is 5.65 Å². The zero-order chi connectivity index (χ0) is 27.0. The van der Waals surface area contributed by atoms with Crippen molar-refractivity contribution >= 4 is 39.2 Å². The zero-order valence-electron chi connectivity index (χ0n) is 21.8. The van der Waals surface area contributed by atoms with Crippen molar-refractivity contribution in [2.45, 2.75) is 50.8 Å². The van der Waals surface area contributed by atoms with E-state index >= 15 is 0 Å². The molecule has 3 heterocycles. The maximum Gasteiger partial charge on any atom is 0.256 e. The highest BCUT2D eigenvalue weighted by molar-refractivity contribution is 7.91. The Kier molecular flexibility index (Phi) is 9.24. The second-order valence-electron chi connectivity index (χ2n) is 9.18. The SMILES string of the molecule is CCc1cnn2c(NCc3cccnc3)cc(N(C)CCCOCCC(/C=N/S(=O)(=O)C3CC3)=N/N)nc12. The van der Waals surface area contributed by atoms with Crippen LogP contribution >= 0.6 is 0 Å². The Morgan fingerprint density at radius 1 is 1.34 bits per heavy atom. The van der Waals surface area contributed by atoms with Gasteiger partial charge < -0.3 is 20.8 Å². The molecule has 3 N–H and O–H groups in total. The molecule has 4 rings (SSSR count). The molecule has 0 unspecified atom stereocenters. The fourth-order valence-electron chi connectivity index (χ4n) is 3.81. The van der Waals surface area contributed by atoms with Gasteiger partial charge in [-0.05, 0) is 37.3 Å². The highest BCUT2D eigenvalue weighted by Crippen LogP contribution is 2.29. The number of hydrogen-bond acceptors (Lipinski definition) is 10. The first-order valence-corrected chi connectivity index (χ1v) is 14.3. The van der Waals surface area contributed by atoms with Crippen LogP contribution in [-0.4, -0.2) is 72.0 Å². The molecule has 0 saturated heterocycles. The van der Waals surface area contributed by atoms with Crippen molar-refractivity contribution in [2.75, 3.05) is 37.0 Å². The Morgan fingerprint density at radius 2 is 2.18 bits per heavy atom. The van der Waals surface area contributed by atoms with Gasteiger partial charge in [0.05, 0.1) is 30.0 Å². The second kappa shape index (κ2) is 12.8. The molecule has 0 amide bonds. The third kappa shape index (κ3) is 7.25. The fourth-order valence-corrected chi connectivity index (χ4v) is 4.98. The second-order valence-corrected chi connectivity index (χ2v) is 11.1. The van der Waals surface area contributed by atoms with Crippen molar-refractivity contribution in [3.63, 3.8) is 0 Å².